The Hall–Kier alpha value is -0.780. The van der Waals surface area contributed by atoms with Gasteiger partial charge in [0.15, 0.2) is 0 Å². The molecule has 1 rings (SSSR count). The summed E-state index contributed by atoms with van der Waals surface area (Å²) in [4.78, 5) is 0. The van der Waals surface area contributed by atoms with Crippen LogP contribution >= 0.6 is 0 Å². The first-order valence-corrected chi connectivity index (χ1v) is 8.29. The van der Waals surface area contributed by atoms with Gasteiger partial charge in [-0.3, -0.25) is 0 Å². The maximum Gasteiger partial charge on any atom is -0.0132 e. The topological polar surface area (TPSA) is 0 Å². The van der Waals surface area contributed by atoms with Crippen molar-refractivity contribution in [2.24, 2.45) is 0 Å². The van der Waals surface area contributed by atoms with Crippen LogP contribution in [0.1, 0.15) is 90.8 Å². The van der Waals surface area contributed by atoms with Crippen molar-refractivity contribution in [3.05, 3.63) is 34.9 Å². The van der Waals surface area contributed by atoms with Crippen molar-refractivity contribution in [1.29, 1.82) is 0 Å². The molecule has 0 heteroatoms. The van der Waals surface area contributed by atoms with Gasteiger partial charge in [0.1, 0.15) is 0 Å². The van der Waals surface area contributed by atoms with E-state index in [9.17, 15) is 0 Å². The summed E-state index contributed by atoms with van der Waals surface area (Å²) < 4.78 is 0. The van der Waals surface area contributed by atoms with Crippen LogP contribution in [0.25, 0.3) is 0 Å². The molecule has 0 saturated carbocycles. The highest BCUT2D eigenvalue weighted by Gasteiger charge is 2.20. The van der Waals surface area contributed by atoms with Crippen LogP contribution in [-0.2, 0) is 17.3 Å². The van der Waals surface area contributed by atoms with E-state index in [1.54, 1.807) is 0 Å². The highest BCUT2D eigenvalue weighted by atomic mass is 14.2. The molecule has 0 unspecified atom stereocenters. The molecule has 0 aliphatic rings. The second-order valence-corrected chi connectivity index (χ2v) is 8.23. The van der Waals surface area contributed by atoms with Crippen molar-refractivity contribution < 1.29 is 0 Å². The molecular formula is C20H34. The van der Waals surface area contributed by atoms with Crippen LogP contribution in [0.2, 0.25) is 0 Å². The zero-order valence-electron chi connectivity index (χ0n) is 14.8. The number of rotatable bonds is 5. The van der Waals surface area contributed by atoms with E-state index in [1.165, 1.54) is 48.8 Å². The molecule has 114 valence electrons. The maximum absolute atomic E-state index is 2.43. The highest BCUT2D eigenvalue weighted by Crippen LogP contribution is 2.30. The molecule has 0 saturated heterocycles. The normalized spacial score (nSPS) is 12.8. The van der Waals surface area contributed by atoms with Gasteiger partial charge < -0.3 is 0 Å². The summed E-state index contributed by atoms with van der Waals surface area (Å²) in [6, 6.07) is 7.28. The molecule has 0 nitrogen and oxygen atoms in total. The van der Waals surface area contributed by atoms with Crippen LogP contribution in [0.5, 0.6) is 0 Å². The van der Waals surface area contributed by atoms with E-state index in [4.69, 9.17) is 0 Å². The zero-order valence-corrected chi connectivity index (χ0v) is 14.8. The Morgan fingerprint density at radius 2 is 1.20 bits per heavy atom. The Morgan fingerprint density at radius 1 is 0.700 bits per heavy atom. The lowest BCUT2D eigenvalue weighted by Crippen LogP contribution is -2.17. The Balaban J connectivity index is 2.99. The van der Waals surface area contributed by atoms with Crippen molar-refractivity contribution in [2.45, 2.75) is 91.4 Å². The Labute approximate surface area is 127 Å². The molecule has 0 bridgehead atoms. The van der Waals surface area contributed by atoms with Gasteiger partial charge in [-0.15, -0.1) is 0 Å². The van der Waals surface area contributed by atoms with Crippen molar-refractivity contribution >= 4 is 0 Å². The van der Waals surface area contributed by atoms with E-state index in [1.807, 2.05) is 0 Å². The van der Waals surface area contributed by atoms with Gasteiger partial charge in [-0.05, 0) is 40.4 Å². The molecule has 0 spiro atoms. The van der Waals surface area contributed by atoms with E-state index >= 15 is 0 Å². The van der Waals surface area contributed by atoms with Crippen LogP contribution in [0.3, 0.4) is 0 Å². The molecule has 0 radical (unpaired) electrons. The van der Waals surface area contributed by atoms with Crippen LogP contribution in [0.4, 0.5) is 0 Å². The summed E-state index contributed by atoms with van der Waals surface area (Å²) in [6.07, 6.45) is 6.60. The Bertz CT molecular complexity index is 380. The predicted molar refractivity (Wildman–Crippen MR) is 91.7 cm³/mol. The maximum atomic E-state index is 2.43. The van der Waals surface area contributed by atoms with Crippen LogP contribution in [0.15, 0.2) is 18.2 Å². The summed E-state index contributed by atoms with van der Waals surface area (Å²) in [6.45, 7) is 16.2. The quantitative estimate of drug-likeness (QED) is 0.545. The van der Waals surface area contributed by atoms with E-state index < -0.39 is 0 Å². The number of benzene rings is 1. The molecule has 0 N–H and O–H groups in total. The zero-order chi connectivity index (χ0) is 15.4. The van der Waals surface area contributed by atoms with Crippen molar-refractivity contribution in [1.82, 2.24) is 0 Å². The molecule has 0 heterocycles. The minimum absolute atomic E-state index is 0.236. The lowest BCUT2D eigenvalue weighted by Gasteiger charge is -2.26. The first kappa shape index (κ1) is 17.3. The smallest absolute Gasteiger partial charge is 0.0132 e. The summed E-state index contributed by atoms with van der Waals surface area (Å²) >= 11 is 0. The average Bonchev–Trinajstić information content (AvgIpc) is 2.32. The molecular weight excluding hydrogens is 240 g/mol. The third-order valence-corrected chi connectivity index (χ3v) is 4.04. The van der Waals surface area contributed by atoms with Crippen molar-refractivity contribution in [3.8, 4) is 0 Å². The SMILES string of the molecule is CCCCCCc1cc(C(C)(C)C)cc(C(C)(C)C)c1. The third-order valence-electron chi connectivity index (χ3n) is 4.04. The van der Waals surface area contributed by atoms with E-state index in [0.29, 0.717) is 0 Å². The van der Waals surface area contributed by atoms with Gasteiger partial charge in [-0.25, -0.2) is 0 Å². The van der Waals surface area contributed by atoms with Crippen molar-refractivity contribution in [3.63, 3.8) is 0 Å². The molecule has 0 fully saturated rings. The molecule has 1 aromatic rings. The molecule has 20 heavy (non-hydrogen) atoms. The van der Waals surface area contributed by atoms with Gasteiger partial charge in [-0.2, -0.15) is 0 Å². The second kappa shape index (κ2) is 6.78. The largest absolute Gasteiger partial charge is 0.0654 e. The lowest BCUT2D eigenvalue weighted by molar-refractivity contribution is 0.565. The van der Waals surface area contributed by atoms with Crippen LogP contribution in [-0.4, -0.2) is 0 Å². The van der Waals surface area contributed by atoms with Gasteiger partial charge >= 0.3 is 0 Å². The summed E-state index contributed by atoms with van der Waals surface area (Å²) in [5.41, 5.74) is 4.96. The predicted octanol–water partition coefficient (Wildman–Crippen LogP) is 6.40. The first-order valence-electron chi connectivity index (χ1n) is 8.29. The molecule has 0 atom stereocenters. The van der Waals surface area contributed by atoms with Crippen LogP contribution < -0.4 is 0 Å². The van der Waals surface area contributed by atoms with Gasteiger partial charge in [0.2, 0.25) is 0 Å². The summed E-state index contributed by atoms with van der Waals surface area (Å²) in [7, 11) is 0. The number of hydrogen-bond donors (Lipinski definition) is 0. The molecule has 0 amide bonds. The number of hydrogen-bond acceptors (Lipinski definition) is 0. The Morgan fingerprint density at radius 3 is 1.60 bits per heavy atom. The molecule has 0 aliphatic carbocycles. The highest BCUT2D eigenvalue weighted by molar-refractivity contribution is 5.37. The van der Waals surface area contributed by atoms with Gasteiger partial charge in [0.25, 0.3) is 0 Å². The fraction of sp³-hybridized carbons (Fsp3) is 0.700. The Kier molecular flexibility index (Phi) is 5.86. The monoisotopic (exact) mass is 274 g/mol. The first-order chi connectivity index (χ1) is 9.14. The van der Waals surface area contributed by atoms with Crippen molar-refractivity contribution in [2.75, 3.05) is 0 Å². The standard InChI is InChI=1S/C20H34/c1-8-9-10-11-12-16-13-17(19(2,3)4)15-18(14-16)20(5,6)7/h13-15H,8-12H2,1-7H3. The third kappa shape index (κ3) is 5.31. The van der Waals surface area contributed by atoms with E-state index in [2.05, 4.69) is 66.7 Å². The van der Waals surface area contributed by atoms with Gasteiger partial charge in [-0.1, -0.05) is 85.9 Å². The summed E-state index contributed by atoms with van der Waals surface area (Å²) in [5, 5.41) is 0. The molecule has 1 aromatic carbocycles. The second-order valence-electron chi connectivity index (χ2n) is 8.23. The lowest BCUT2D eigenvalue weighted by atomic mass is 9.79. The number of aryl methyl sites for hydroxylation is 1. The van der Waals surface area contributed by atoms with E-state index in [0.717, 1.165) is 0 Å². The van der Waals surface area contributed by atoms with Gasteiger partial charge in [0.05, 0.1) is 0 Å². The number of unbranched alkanes of at least 4 members (excludes halogenated alkanes) is 3. The minimum atomic E-state index is 0.236. The van der Waals surface area contributed by atoms with Gasteiger partial charge in [0, 0.05) is 0 Å². The fourth-order valence-corrected chi connectivity index (χ4v) is 2.46. The van der Waals surface area contributed by atoms with E-state index in [-0.39, 0.29) is 10.8 Å². The molecule has 0 aromatic heterocycles. The fourth-order valence-electron chi connectivity index (χ4n) is 2.46. The summed E-state index contributed by atoms with van der Waals surface area (Å²) in [5.74, 6) is 0. The average molecular weight is 274 g/mol. The molecule has 0 aliphatic heterocycles. The van der Waals surface area contributed by atoms with Crippen LogP contribution in [0, 0.1) is 0 Å². The minimum Gasteiger partial charge on any atom is -0.0654 e.